The van der Waals surface area contributed by atoms with Crippen LogP contribution < -0.4 is 4.90 Å². The van der Waals surface area contributed by atoms with Gasteiger partial charge in [-0.2, -0.15) is 0 Å². The second-order valence-electron chi connectivity index (χ2n) is 8.52. The van der Waals surface area contributed by atoms with Gasteiger partial charge in [0.25, 0.3) is 17.2 Å². The third kappa shape index (κ3) is 7.64. The van der Waals surface area contributed by atoms with Gasteiger partial charge in [0.15, 0.2) is 0 Å². The van der Waals surface area contributed by atoms with Gasteiger partial charge >= 0.3 is 6.09 Å². The Labute approximate surface area is 224 Å². The molecule has 198 valence electrons. The van der Waals surface area contributed by atoms with E-state index in [0.717, 1.165) is 28.3 Å². The lowest BCUT2D eigenvalue weighted by Gasteiger charge is -2.18. The summed E-state index contributed by atoms with van der Waals surface area (Å²) in [4.78, 5) is 31.0. The van der Waals surface area contributed by atoms with E-state index in [-0.39, 0.29) is 18.8 Å². The highest BCUT2D eigenvalue weighted by atomic mass is 35.5. The van der Waals surface area contributed by atoms with Crippen molar-refractivity contribution in [2.45, 2.75) is 46.3 Å². The zero-order valence-electron chi connectivity index (χ0n) is 21.1. The van der Waals surface area contributed by atoms with Crippen molar-refractivity contribution in [3.05, 3.63) is 82.4 Å². The number of carbonyl (C=O) groups is 2. The highest BCUT2D eigenvalue weighted by Gasteiger charge is 2.24. The van der Waals surface area contributed by atoms with Crippen LogP contribution in [-0.4, -0.2) is 48.2 Å². The summed E-state index contributed by atoms with van der Waals surface area (Å²) < 4.78 is 29.3. The predicted molar refractivity (Wildman–Crippen MR) is 144 cm³/mol. The molecule has 9 nitrogen and oxygen atoms in total. The number of nitrogens with zero attached hydrogens (tertiary/aromatic N) is 4. The van der Waals surface area contributed by atoms with Gasteiger partial charge in [0.2, 0.25) is 0 Å². The van der Waals surface area contributed by atoms with Crippen LogP contribution in [-0.2, 0) is 29.2 Å². The molecule has 1 heterocycles. The minimum absolute atomic E-state index is 0.0880. The zero-order chi connectivity index (χ0) is 26.9. The molecule has 2 aromatic carbocycles. The molecule has 1 atom stereocenters. The van der Waals surface area contributed by atoms with E-state index in [9.17, 15) is 18.4 Å². The number of rotatable bonds is 11. The molecule has 0 aliphatic heterocycles. The number of anilines is 1. The van der Waals surface area contributed by atoms with Crippen LogP contribution in [0.3, 0.4) is 0 Å². The number of carbonyl (C=O) groups excluding carboxylic acids is 2. The van der Waals surface area contributed by atoms with Crippen molar-refractivity contribution < 1.29 is 23.1 Å². The summed E-state index contributed by atoms with van der Waals surface area (Å²) in [6.07, 6.45) is 3.45. The van der Waals surface area contributed by atoms with Crippen molar-refractivity contribution in [2.75, 3.05) is 18.5 Å². The third-order valence-electron chi connectivity index (χ3n) is 5.82. The molecular formula is C26H31ClN4O5S. The number of hydrogen-bond acceptors (Lipinski definition) is 5. The van der Waals surface area contributed by atoms with E-state index in [1.165, 1.54) is 4.90 Å². The lowest BCUT2D eigenvalue weighted by Crippen LogP contribution is -2.33. The summed E-state index contributed by atoms with van der Waals surface area (Å²) in [5, 5.41) is 0.429. The quantitative estimate of drug-likeness (QED) is 0.254. The fourth-order valence-electron chi connectivity index (χ4n) is 3.63. The van der Waals surface area contributed by atoms with E-state index in [1.54, 1.807) is 42.9 Å². The summed E-state index contributed by atoms with van der Waals surface area (Å²) in [5.41, 5.74) is 2.30. The Morgan fingerprint density at radius 3 is 2.54 bits per heavy atom. The number of hydrogen-bond donors (Lipinski definition) is 1. The molecule has 0 saturated heterocycles. The first-order valence-electron chi connectivity index (χ1n) is 11.9. The van der Waals surface area contributed by atoms with Crippen LogP contribution >= 0.6 is 11.6 Å². The van der Waals surface area contributed by atoms with E-state index in [4.69, 9.17) is 16.3 Å². The first-order chi connectivity index (χ1) is 17.7. The van der Waals surface area contributed by atoms with Crippen LogP contribution in [0.4, 0.5) is 10.5 Å². The van der Waals surface area contributed by atoms with Crippen molar-refractivity contribution in [3.8, 4) is 0 Å². The Kier molecular flexibility index (Phi) is 10.2. The molecule has 0 aliphatic carbocycles. The van der Waals surface area contributed by atoms with Gasteiger partial charge in [0, 0.05) is 30.5 Å². The van der Waals surface area contributed by atoms with Crippen molar-refractivity contribution in [1.82, 2.24) is 13.9 Å². The van der Waals surface area contributed by atoms with E-state index in [2.05, 4.69) is 4.98 Å². The van der Waals surface area contributed by atoms with Crippen molar-refractivity contribution in [3.63, 3.8) is 0 Å². The molecule has 0 spiro atoms. The van der Waals surface area contributed by atoms with Crippen LogP contribution in [0.15, 0.2) is 54.7 Å². The van der Waals surface area contributed by atoms with E-state index in [1.807, 2.05) is 37.3 Å². The maximum Gasteiger partial charge on any atom is 0.414 e. The normalized spacial score (nSPS) is 11.7. The molecule has 2 amide bonds. The number of amides is 2. The lowest BCUT2D eigenvalue weighted by atomic mass is 10.2. The molecule has 3 aromatic rings. The van der Waals surface area contributed by atoms with Gasteiger partial charge in [-0.25, -0.2) is 18.3 Å². The summed E-state index contributed by atoms with van der Waals surface area (Å²) >= 11 is 4.10. The highest BCUT2D eigenvalue weighted by Crippen LogP contribution is 2.25. The number of ether oxygens (including phenoxy) is 1. The Morgan fingerprint density at radius 2 is 1.89 bits per heavy atom. The monoisotopic (exact) mass is 546 g/mol. The molecule has 0 radical (unpaired) electrons. The third-order valence-corrected chi connectivity index (χ3v) is 6.90. The van der Waals surface area contributed by atoms with Crippen LogP contribution in [0.5, 0.6) is 0 Å². The first kappa shape index (κ1) is 28.4. The second kappa shape index (κ2) is 13.4. The van der Waals surface area contributed by atoms with Crippen molar-refractivity contribution in [2.24, 2.45) is 0 Å². The van der Waals surface area contributed by atoms with Gasteiger partial charge in [0.1, 0.15) is 18.1 Å². The molecule has 0 bridgehead atoms. The van der Waals surface area contributed by atoms with E-state index in [0.29, 0.717) is 29.5 Å². The number of unbranched alkanes of at least 4 members (excludes halogenated alkanes) is 2. The SMILES string of the molecule is CCCCCN(C(=O)c1cn(Cc2ccc(N(C)C(=O)OCc3ccccc3)cc2Cl)c(C)n1)S(=O)O. The fraction of sp³-hybridized carbons (Fsp3) is 0.346. The van der Waals surface area contributed by atoms with Gasteiger partial charge in [-0.3, -0.25) is 14.2 Å². The average Bonchev–Trinajstić information content (AvgIpc) is 3.26. The number of aromatic nitrogens is 2. The summed E-state index contributed by atoms with van der Waals surface area (Å²) in [6.45, 7) is 4.42. The highest BCUT2D eigenvalue weighted by molar-refractivity contribution is 7.77. The predicted octanol–water partition coefficient (Wildman–Crippen LogP) is 5.44. The maximum absolute atomic E-state index is 12.8. The molecule has 0 fully saturated rings. The van der Waals surface area contributed by atoms with Crippen molar-refractivity contribution in [1.29, 1.82) is 0 Å². The minimum atomic E-state index is -2.43. The van der Waals surface area contributed by atoms with E-state index >= 15 is 0 Å². The molecule has 37 heavy (non-hydrogen) atoms. The molecule has 0 aliphatic rings. The van der Waals surface area contributed by atoms with Crippen LogP contribution in [0.2, 0.25) is 5.02 Å². The standard InChI is InChI=1S/C26H31ClN4O5S/c1-4-5-9-14-31(37(34)35)25(32)24-17-30(19(2)28-24)16-21-12-13-22(15-23(21)27)29(3)26(33)36-18-20-10-7-6-8-11-20/h6-8,10-13,15,17H,4-5,9,14,16,18H2,1-3H3,(H,34,35). The smallest absolute Gasteiger partial charge is 0.414 e. The molecular weight excluding hydrogens is 516 g/mol. The van der Waals surface area contributed by atoms with Crippen LogP contribution in [0.25, 0.3) is 0 Å². The van der Waals surface area contributed by atoms with Gasteiger partial charge < -0.3 is 9.30 Å². The molecule has 1 N–H and O–H groups in total. The maximum atomic E-state index is 12.8. The largest absolute Gasteiger partial charge is 0.444 e. The molecule has 1 unspecified atom stereocenters. The minimum Gasteiger partial charge on any atom is -0.444 e. The lowest BCUT2D eigenvalue weighted by molar-refractivity contribution is 0.0853. The number of benzene rings is 2. The Hall–Kier alpha value is -3.21. The summed E-state index contributed by atoms with van der Waals surface area (Å²) in [7, 11) is 1.61. The second-order valence-corrected chi connectivity index (χ2v) is 9.83. The Bertz CT molecular complexity index is 1250. The van der Waals surface area contributed by atoms with Crippen LogP contribution in [0, 0.1) is 6.92 Å². The molecule has 0 saturated carbocycles. The average molecular weight is 547 g/mol. The molecule has 11 heteroatoms. The van der Waals surface area contributed by atoms with Gasteiger partial charge in [-0.1, -0.05) is 67.8 Å². The van der Waals surface area contributed by atoms with Gasteiger partial charge in [0.05, 0.1) is 6.54 Å². The van der Waals surface area contributed by atoms with Gasteiger partial charge in [-0.05, 0) is 36.6 Å². The first-order valence-corrected chi connectivity index (χ1v) is 13.3. The summed E-state index contributed by atoms with van der Waals surface area (Å²) in [6, 6.07) is 14.6. The fourth-order valence-corrected chi connectivity index (χ4v) is 4.39. The summed E-state index contributed by atoms with van der Waals surface area (Å²) in [5.74, 6) is -0.0433. The topological polar surface area (TPSA) is 105 Å². The Morgan fingerprint density at radius 1 is 1.16 bits per heavy atom. The number of aryl methyl sites for hydroxylation is 1. The zero-order valence-corrected chi connectivity index (χ0v) is 22.7. The van der Waals surface area contributed by atoms with E-state index < -0.39 is 23.3 Å². The molecule has 1 aromatic heterocycles. The molecule has 3 rings (SSSR count). The van der Waals surface area contributed by atoms with Crippen LogP contribution in [0.1, 0.15) is 53.6 Å². The van der Waals surface area contributed by atoms with Crippen molar-refractivity contribution >= 4 is 40.6 Å². The Balaban J connectivity index is 1.67. The van der Waals surface area contributed by atoms with Gasteiger partial charge in [-0.15, -0.1) is 0 Å². The number of imidazole rings is 1. The number of halogens is 1.